The van der Waals surface area contributed by atoms with Gasteiger partial charge in [0.1, 0.15) is 0 Å². The van der Waals surface area contributed by atoms with Crippen LogP contribution in [0.4, 0.5) is 0 Å². The first-order valence-corrected chi connectivity index (χ1v) is 8.11. The van der Waals surface area contributed by atoms with E-state index in [0.717, 1.165) is 16.9 Å². The summed E-state index contributed by atoms with van der Waals surface area (Å²) < 4.78 is 1.19. The SMILES string of the molecule is CC(CC(O)Cc1nc2ccccc2s1)c1ccccc1. The van der Waals surface area contributed by atoms with Crippen LogP contribution in [-0.2, 0) is 6.42 Å². The first kappa shape index (κ1) is 14.2. The number of thiazole rings is 1. The van der Waals surface area contributed by atoms with E-state index in [1.165, 1.54) is 10.3 Å². The smallest absolute Gasteiger partial charge is 0.0964 e. The number of aliphatic hydroxyl groups excluding tert-OH is 1. The molecule has 0 aliphatic carbocycles. The van der Waals surface area contributed by atoms with Gasteiger partial charge in [0, 0.05) is 6.42 Å². The van der Waals surface area contributed by atoms with Crippen LogP contribution in [0.5, 0.6) is 0 Å². The zero-order chi connectivity index (χ0) is 14.7. The summed E-state index contributed by atoms with van der Waals surface area (Å²) in [4.78, 5) is 4.59. The number of hydrogen-bond acceptors (Lipinski definition) is 3. The summed E-state index contributed by atoms with van der Waals surface area (Å²) in [6.07, 6.45) is 1.05. The molecule has 0 bridgehead atoms. The van der Waals surface area contributed by atoms with Gasteiger partial charge < -0.3 is 5.11 Å². The van der Waals surface area contributed by atoms with Crippen LogP contribution in [0, 0.1) is 0 Å². The van der Waals surface area contributed by atoms with E-state index in [2.05, 4.69) is 30.1 Å². The fourth-order valence-corrected chi connectivity index (χ4v) is 3.66. The van der Waals surface area contributed by atoms with E-state index in [-0.39, 0.29) is 6.10 Å². The second kappa shape index (κ2) is 6.37. The lowest BCUT2D eigenvalue weighted by Gasteiger charge is -2.15. The summed E-state index contributed by atoms with van der Waals surface area (Å²) in [5.41, 5.74) is 2.31. The summed E-state index contributed by atoms with van der Waals surface area (Å²) >= 11 is 1.68. The molecular weight excluding hydrogens is 278 g/mol. The molecule has 108 valence electrons. The maximum absolute atomic E-state index is 10.3. The standard InChI is InChI=1S/C18H19NOS/c1-13(14-7-3-2-4-8-14)11-15(20)12-18-19-16-9-5-6-10-17(16)21-18/h2-10,13,15,20H,11-12H2,1H3. The molecule has 2 nitrogen and oxygen atoms in total. The molecule has 0 radical (unpaired) electrons. The third kappa shape index (κ3) is 3.49. The predicted molar refractivity (Wildman–Crippen MR) is 88.8 cm³/mol. The van der Waals surface area contributed by atoms with E-state index in [1.54, 1.807) is 11.3 Å². The number of hydrogen-bond donors (Lipinski definition) is 1. The van der Waals surface area contributed by atoms with Gasteiger partial charge in [0.05, 0.1) is 21.3 Å². The Morgan fingerprint density at radius 2 is 1.76 bits per heavy atom. The van der Waals surface area contributed by atoms with E-state index < -0.39 is 0 Å². The van der Waals surface area contributed by atoms with Gasteiger partial charge in [0.2, 0.25) is 0 Å². The molecule has 2 aromatic carbocycles. The molecule has 2 atom stereocenters. The third-order valence-corrected chi connectivity index (χ3v) is 4.80. The molecule has 1 heterocycles. The lowest BCUT2D eigenvalue weighted by molar-refractivity contribution is 0.157. The van der Waals surface area contributed by atoms with Gasteiger partial charge in [-0.15, -0.1) is 11.3 Å². The molecule has 1 aromatic heterocycles. The van der Waals surface area contributed by atoms with Gasteiger partial charge in [-0.05, 0) is 30.0 Å². The molecule has 3 aromatic rings. The highest BCUT2D eigenvalue weighted by molar-refractivity contribution is 7.18. The first-order valence-electron chi connectivity index (χ1n) is 7.30. The summed E-state index contributed by atoms with van der Waals surface area (Å²) in [5.74, 6) is 0.357. The average molecular weight is 297 g/mol. The minimum Gasteiger partial charge on any atom is -0.393 e. The molecule has 21 heavy (non-hydrogen) atoms. The largest absolute Gasteiger partial charge is 0.393 e. The van der Waals surface area contributed by atoms with E-state index in [1.807, 2.05) is 36.4 Å². The van der Waals surface area contributed by atoms with Crippen molar-refractivity contribution >= 4 is 21.6 Å². The Morgan fingerprint density at radius 3 is 2.52 bits per heavy atom. The molecule has 3 rings (SSSR count). The van der Waals surface area contributed by atoms with Crippen molar-refractivity contribution in [2.45, 2.75) is 31.8 Å². The van der Waals surface area contributed by atoms with Crippen LogP contribution in [0.1, 0.15) is 29.8 Å². The lowest BCUT2D eigenvalue weighted by atomic mass is 9.94. The van der Waals surface area contributed by atoms with E-state index in [9.17, 15) is 5.11 Å². The van der Waals surface area contributed by atoms with Crippen LogP contribution >= 0.6 is 11.3 Å². The summed E-state index contributed by atoms with van der Waals surface area (Å²) in [6.45, 7) is 2.16. The minimum atomic E-state index is -0.347. The Balaban J connectivity index is 1.64. The van der Waals surface area contributed by atoms with Gasteiger partial charge in [0.25, 0.3) is 0 Å². The second-order valence-electron chi connectivity index (χ2n) is 5.48. The van der Waals surface area contributed by atoms with Crippen molar-refractivity contribution in [1.29, 1.82) is 0 Å². The lowest BCUT2D eigenvalue weighted by Crippen LogP contribution is -2.13. The Hall–Kier alpha value is -1.71. The van der Waals surface area contributed by atoms with Gasteiger partial charge in [-0.2, -0.15) is 0 Å². The van der Waals surface area contributed by atoms with Crippen molar-refractivity contribution in [3.05, 3.63) is 65.2 Å². The highest BCUT2D eigenvalue weighted by Gasteiger charge is 2.14. The van der Waals surface area contributed by atoms with Gasteiger partial charge >= 0.3 is 0 Å². The molecule has 0 saturated carbocycles. The molecule has 2 unspecified atom stereocenters. The molecule has 0 fully saturated rings. The molecule has 1 N–H and O–H groups in total. The molecule has 0 saturated heterocycles. The zero-order valence-corrected chi connectivity index (χ0v) is 12.9. The van der Waals surface area contributed by atoms with Crippen molar-refractivity contribution < 1.29 is 5.11 Å². The number of nitrogens with zero attached hydrogens (tertiary/aromatic N) is 1. The normalized spacial score (nSPS) is 14.2. The number of fused-ring (bicyclic) bond motifs is 1. The van der Waals surface area contributed by atoms with Crippen molar-refractivity contribution in [3.63, 3.8) is 0 Å². The monoisotopic (exact) mass is 297 g/mol. The Morgan fingerprint density at radius 1 is 1.05 bits per heavy atom. The zero-order valence-electron chi connectivity index (χ0n) is 12.1. The van der Waals surface area contributed by atoms with Crippen LogP contribution in [0.2, 0.25) is 0 Å². The predicted octanol–water partition coefficient (Wildman–Crippen LogP) is 4.39. The van der Waals surface area contributed by atoms with Crippen molar-refractivity contribution in [2.75, 3.05) is 0 Å². The van der Waals surface area contributed by atoms with Gasteiger partial charge in [-0.3, -0.25) is 0 Å². The van der Waals surface area contributed by atoms with Crippen LogP contribution < -0.4 is 0 Å². The molecule has 0 amide bonds. The number of rotatable bonds is 5. The van der Waals surface area contributed by atoms with Gasteiger partial charge in [0.15, 0.2) is 0 Å². The Bertz CT molecular complexity index is 674. The van der Waals surface area contributed by atoms with E-state index in [4.69, 9.17) is 0 Å². The molecule has 3 heteroatoms. The minimum absolute atomic E-state index is 0.347. The van der Waals surface area contributed by atoms with Crippen LogP contribution in [-0.4, -0.2) is 16.2 Å². The number of benzene rings is 2. The van der Waals surface area contributed by atoms with E-state index in [0.29, 0.717) is 12.3 Å². The molecule has 0 spiro atoms. The van der Waals surface area contributed by atoms with Crippen molar-refractivity contribution in [2.24, 2.45) is 0 Å². The quantitative estimate of drug-likeness (QED) is 0.757. The van der Waals surface area contributed by atoms with Gasteiger partial charge in [-0.1, -0.05) is 49.4 Å². The Labute approximate surface area is 129 Å². The van der Waals surface area contributed by atoms with Crippen molar-refractivity contribution in [3.8, 4) is 0 Å². The van der Waals surface area contributed by atoms with Gasteiger partial charge in [-0.25, -0.2) is 4.98 Å². The summed E-state index contributed by atoms with van der Waals surface area (Å²) in [7, 11) is 0. The highest BCUT2D eigenvalue weighted by Crippen LogP contribution is 2.25. The second-order valence-corrected chi connectivity index (χ2v) is 6.60. The van der Waals surface area contributed by atoms with Crippen LogP contribution in [0.25, 0.3) is 10.2 Å². The maximum atomic E-state index is 10.3. The Kier molecular flexibility index (Phi) is 4.32. The highest BCUT2D eigenvalue weighted by atomic mass is 32.1. The fraction of sp³-hybridized carbons (Fsp3) is 0.278. The number of para-hydroxylation sites is 1. The fourth-order valence-electron chi connectivity index (χ4n) is 2.62. The maximum Gasteiger partial charge on any atom is 0.0964 e. The first-order chi connectivity index (χ1) is 10.2. The summed E-state index contributed by atoms with van der Waals surface area (Å²) in [5, 5.41) is 11.3. The topological polar surface area (TPSA) is 33.1 Å². The average Bonchev–Trinajstić information content (AvgIpc) is 2.90. The molecular formula is C18H19NOS. The van der Waals surface area contributed by atoms with Crippen molar-refractivity contribution in [1.82, 2.24) is 4.98 Å². The number of aliphatic hydroxyl groups is 1. The number of aromatic nitrogens is 1. The molecule has 0 aliphatic rings. The van der Waals surface area contributed by atoms with E-state index >= 15 is 0 Å². The van der Waals surface area contributed by atoms with Crippen LogP contribution in [0.3, 0.4) is 0 Å². The third-order valence-electron chi connectivity index (χ3n) is 3.74. The summed E-state index contributed by atoms with van der Waals surface area (Å²) in [6, 6.07) is 18.5. The molecule has 0 aliphatic heterocycles. The van der Waals surface area contributed by atoms with Crippen LogP contribution in [0.15, 0.2) is 54.6 Å².